The molecule has 1 aliphatic rings. The lowest BCUT2D eigenvalue weighted by Crippen LogP contribution is -2.02. The normalized spacial score (nSPS) is 14.7. The van der Waals surface area contributed by atoms with Gasteiger partial charge in [0.1, 0.15) is 5.69 Å². The van der Waals surface area contributed by atoms with Crippen molar-refractivity contribution in [3.05, 3.63) is 39.5 Å². The predicted octanol–water partition coefficient (Wildman–Crippen LogP) is 4.03. The lowest BCUT2D eigenvalue weighted by molar-refractivity contribution is 0.686. The average molecular weight is 291 g/mol. The maximum Gasteiger partial charge on any atom is 0.107 e. The molecule has 1 aromatic carbocycles. The molecule has 3 rings (SSSR count). The van der Waals surface area contributed by atoms with Crippen LogP contribution in [-0.2, 0) is 12.8 Å². The second-order valence-electron chi connectivity index (χ2n) is 4.70. The van der Waals surface area contributed by atoms with E-state index in [1.165, 1.54) is 42.4 Å². The molecule has 0 atom stereocenters. The van der Waals surface area contributed by atoms with Crippen molar-refractivity contribution in [3.8, 4) is 11.3 Å². The average Bonchev–Trinajstić information content (AvgIpc) is 2.70. The Hall–Kier alpha value is -1.09. The van der Waals surface area contributed by atoms with Crippen molar-refractivity contribution in [2.45, 2.75) is 32.6 Å². The number of hydrogen-bond acceptors (Lipinski definition) is 1. The summed E-state index contributed by atoms with van der Waals surface area (Å²) >= 11 is 3.59. The minimum absolute atomic E-state index is 1.02. The van der Waals surface area contributed by atoms with E-state index in [0.29, 0.717) is 0 Å². The highest BCUT2D eigenvalue weighted by Crippen LogP contribution is 2.31. The van der Waals surface area contributed by atoms with Gasteiger partial charge in [0.25, 0.3) is 0 Å². The molecule has 0 bridgehead atoms. The first-order valence-electron chi connectivity index (χ1n) is 6.08. The number of aromatic nitrogens is 2. The molecule has 1 heterocycles. The number of nitrogens with one attached hydrogen (secondary N) is 1. The van der Waals surface area contributed by atoms with Gasteiger partial charge in [0.2, 0.25) is 0 Å². The SMILES string of the molecule is Cc1[nH]nc(-c2ccc3c(c2)CCCC3)c1Br. The summed E-state index contributed by atoms with van der Waals surface area (Å²) in [4.78, 5) is 0. The summed E-state index contributed by atoms with van der Waals surface area (Å²) in [6.45, 7) is 2.03. The van der Waals surface area contributed by atoms with E-state index >= 15 is 0 Å². The summed E-state index contributed by atoms with van der Waals surface area (Å²) in [7, 11) is 0. The number of nitrogens with zero attached hydrogens (tertiary/aromatic N) is 1. The highest BCUT2D eigenvalue weighted by atomic mass is 79.9. The molecule has 0 amide bonds. The number of aromatic amines is 1. The Balaban J connectivity index is 2.07. The first-order chi connectivity index (χ1) is 8.25. The number of fused-ring (bicyclic) bond motifs is 1. The molecule has 2 nitrogen and oxygen atoms in total. The van der Waals surface area contributed by atoms with Gasteiger partial charge in [0.15, 0.2) is 0 Å². The zero-order valence-electron chi connectivity index (χ0n) is 9.89. The van der Waals surface area contributed by atoms with Gasteiger partial charge in [-0.05, 0) is 65.7 Å². The highest BCUT2D eigenvalue weighted by Gasteiger charge is 2.13. The molecule has 1 aromatic heterocycles. The van der Waals surface area contributed by atoms with E-state index in [1.807, 2.05) is 6.92 Å². The molecule has 2 aromatic rings. The number of H-pyrrole nitrogens is 1. The number of hydrogen-bond donors (Lipinski definition) is 1. The number of rotatable bonds is 1. The first kappa shape index (κ1) is 11.0. The van der Waals surface area contributed by atoms with Gasteiger partial charge in [0.05, 0.1) is 4.47 Å². The van der Waals surface area contributed by atoms with E-state index in [9.17, 15) is 0 Å². The minimum Gasteiger partial charge on any atom is -0.281 e. The van der Waals surface area contributed by atoms with E-state index < -0.39 is 0 Å². The van der Waals surface area contributed by atoms with Gasteiger partial charge in [0, 0.05) is 11.3 Å². The van der Waals surface area contributed by atoms with E-state index in [-0.39, 0.29) is 0 Å². The summed E-state index contributed by atoms with van der Waals surface area (Å²) in [6, 6.07) is 6.75. The third-order valence-corrected chi connectivity index (χ3v) is 4.46. The lowest BCUT2D eigenvalue weighted by atomic mass is 9.90. The molecule has 0 aliphatic heterocycles. The third-order valence-electron chi connectivity index (χ3n) is 3.49. The monoisotopic (exact) mass is 290 g/mol. The van der Waals surface area contributed by atoms with Crippen LogP contribution in [0, 0.1) is 6.92 Å². The van der Waals surface area contributed by atoms with Crippen LogP contribution >= 0.6 is 15.9 Å². The van der Waals surface area contributed by atoms with Gasteiger partial charge in [-0.15, -0.1) is 0 Å². The van der Waals surface area contributed by atoms with E-state index in [2.05, 4.69) is 44.3 Å². The second kappa shape index (κ2) is 4.30. The van der Waals surface area contributed by atoms with Gasteiger partial charge in [-0.1, -0.05) is 12.1 Å². The maximum atomic E-state index is 4.36. The van der Waals surface area contributed by atoms with E-state index in [1.54, 1.807) is 0 Å². The van der Waals surface area contributed by atoms with Crippen LogP contribution in [0.3, 0.4) is 0 Å². The van der Waals surface area contributed by atoms with Crippen LogP contribution in [-0.4, -0.2) is 10.2 Å². The van der Waals surface area contributed by atoms with Crippen molar-refractivity contribution in [1.29, 1.82) is 0 Å². The fourth-order valence-electron chi connectivity index (χ4n) is 2.49. The summed E-state index contributed by atoms with van der Waals surface area (Å²) in [5.74, 6) is 0. The summed E-state index contributed by atoms with van der Waals surface area (Å²) in [5, 5.41) is 7.38. The van der Waals surface area contributed by atoms with Crippen LogP contribution < -0.4 is 0 Å². The van der Waals surface area contributed by atoms with Crippen LogP contribution in [0.1, 0.15) is 29.7 Å². The minimum atomic E-state index is 1.02. The zero-order chi connectivity index (χ0) is 11.8. The van der Waals surface area contributed by atoms with Crippen molar-refractivity contribution in [3.63, 3.8) is 0 Å². The summed E-state index contributed by atoms with van der Waals surface area (Å²) in [5.41, 5.74) is 6.33. The quantitative estimate of drug-likeness (QED) is 0.844. The van der Waals surface area contributed by atoms with E-state index in [0.717, 1.165) is 15.9 Å². The Morgan fingerprint density at radius 2 is 1.94 bits per heavy atom. The Morgan fingerprint density at radius 3 is 2.65 bits per heavy atom. The molecule has 0 saturated carbocycles. The Labute approximate surface area is 110 Å². The summed E-state index contributed by atoms with van der Waals surface area (Å²) < 4.78 is 1.08. The van der Waals surface area contributed by atoms with Crippen molar-refractivity contribution in [2.75, 3.05) is 0 Å². The smallest absolute Gasteiger partial charge is 0.107 e. The highest BCUT2D eigenvalue weighted by molar-refractivity contribution is 9.10. The zero-order valence-corrected chi connectivity index (χ0v) is 11.5. The molecule has 0 fully saturated rings. The van der Waals surface area contributed by atoms with Gasteiger partial charge in [-0.3, -0.25) is 5.10 Å². The Kier molecular flexibility index (Phi) is 2.79. The molecular weight excluding hydrogens is 276 g/mol. The molecule has 0 unspecified atom stereocenters. The molecule has 0 spiro atoms. The van der Waals surface area contributed by atoms with Gasteiger partial charge in [-0.2, -0.15) is 5.10 Å². The van der Waals surface area contributed by atoms with Crippen LogP contribution in [0.25, 0.3) is 11.3 Å². The lowest BCUT2D eigenvalue weighted by Gasteiger charge is -2.16. The van der Waals surface area contributed by atoms with Crippen molar-refractivity contribution < 1.29 is 0 Å². The first-order valence-corrected chi connectivity index (χ1v) is 6.87. The maximum absolute atomic E-state index is 4.36. The van der Waals surface area contributed by atoms with Crippen molar-refractivity contribution >= 4 is 15.9 Å². The van der Waals surface area contributed by atoms with Gasteiger partial charge >= 0.3 is 0 Å². The number of aryl methyl sites for hydroxylation is 3. The number of halogens is 1. The van der Waals surface area contributed by atoms with E-state index in [4.69, 9.17) is 0 Å². The van der Waals surface area contributed by atoms with Crippen LogP contribution in [0.15, 0.2) is 22.7 Å². The van der Waals surface area contributed by atoms with Crippen LogP contribution in [0.4, 0.5) is 0 Å². The molecule has 88 valence electrons. The van der Waals surface area contributed by atoms with Gasteiger partial charge < -0.3 is 0 Å². The van der Waals surface area contributed by atoms with Crippen LogP contribution in [0.5, 0.6) is 0 Å². The predicted molar refractivity (Wildman–Crippen MR) is 73.1 cm³/mol. The molecule has 0 saturated heterocycles. The van der Waals surface area contributed by atoms with Gasteiger partial charge in [-0.25, -0.2) is 0 Å². The largest absolute Gasteiger partial charge is 0.281 e. The molecule has 0 radical (unpaired) electrons. The third kappa shape index (κ3) is 1.93. The Bertz CT molecular complexity index is 557. The molecular formula is C14H15BrN2. The molecule has 17 heavy (non-hydrogen) atoms. The fraction of sp³-hybridized carbons (Fsp3) is 0.357. The fourth-order valence-corrected chi connectivity index (χ4v) is 2.89. The second-order valence-corrected chi connectivity index (χ2v) is 5.49. The summed E-state index contributed by atoms with van der Waals surface area (Å²) in [6.07, 6.45) is 5.09. The number of benzene rings is 1. The van der Waals surface area contributed by atoms with Crippen molar-refractivity contribution in [2.24, 2.45) is 0 Å². The van der Waals surface area contributed by atoms with Crippen molar-refractivity contribution in [1.82, 2.24) is 10.2 Å². The molecule has 1 aliphatic carbocycles. The topological polar surface area (TPSA) is 28.7 Å². The standard InChI is InChI=1S/C14H15BrN2/c1-9-13(15)14(17-16-9)12-7-6-10-4-2-3-5-11(10)8-12/h6-8H,2-5H2,1H3,(H,16,17). The molecule has 1 N–H and O–H groups in total. The Morgan fingerprint density at radius 1 is 1.18 bits per heavy atom. The molecule has 3 heteroatoms. The van der Waals surface area contributed by atoms with Crippen LogP contribution in [0.2, 0.25) is 0 Å².